The Morgan fingerprint density at radius 3 is 2.45 bits per heavy atom. The fourth-order valence-electron chi connectivity index (χ4n) is 1.61. The van der Waals surface area contributed by atoms with Crippen LogP contribution in [0.4, 0.5) is 5.69 Å². The molecule has 8 heteroatoms. The number of benzene rings is 1. The average molecular weight is 302 g/mol. The number of nitrogens with one attached hydrogen (secondary N) is 1. The Morgan fingerprint density at radius 1 is 1.35 bits per heavy atom. The van der Waals surface area contributed by atoms with Crippen LogP contribution < -0.4 is 4.72 Å². The monoisotopic (exact) mass is 302 g/mol. The van der Waals surface area contributed by atoms with Crippen molar-refractivity contribution in [2.45, 2.75) is 31.6 Å². The van der Waals surface area contributed by atoms with Crippen molar-refractivity contribution < 1.29 is 18.4 Å². The van der Waals surface area contributed by atoms with Crippen molar-refractivity contribution in [3.8, 4) is 0 Å². The SMILES string of the molecule is CC(O)CCCNS(=O)(=O)Cc1ccc([N+](=O)[O-])cc1. The van der Waals surface area contributed by atoms with E-state index in [9.17, 15) is 18.5 Å². The summed E-state index contributed by atoms with van der Waals surface area (Å²) in [6.07, 6.45) is 0.631. The van der Waals surface area contributed by atoms with Crippen molar-refractivity contribution in [3.05, 3.63) is 39.9 Å². The Morgan fingerprint density at radius 2 is 1.95 bits per heavy atom. The molecule has 0 aliphatic carbocycles. The Kier molecular flexibility index (Phi) is 6.05. The van der Waals surface area contributed by atoms with Crippen molar-refractivity contribution in [2.75, 3.05) is 6.54 Å². The van der Waals surface area contributed by atoms with Crippen molar-refractivity contribution in [2.24, 2.45) is 0 Å². The first-order valence-corrected chi connectivity index (χ1v) is 7.84. The molecular weight excluding hydrogens is 284 g/mol. The topological polar surface area (TPSA) is 110 Å². The van der Waals surface area contributed by atoms with Crippen LogP contribution in [0.3, 0.4) is 0 Å². The molecule has 0 spiro atoms. The summed E-state index contributed by atoms with van der Waals surface area (Å²) < 4.78 is 25.9. The summed E-state index contributed by atoms with van der Waals surface area (Å²) in [7, 11) is -3.47. The van der Waals surface area contributed by atoms with Crippen LogP contribution in [0.1, 0.15) is 25.3 Å². The zero-order valence-corrected chi connectivity index (χ0v) is 12.0. The maximum absolute atomic E-state index is 11.8. The molecule has 2 N–H and O–H groups in total. The third-order valence-corrected chi connectivity index (χ3v) is 3.98. The molecule has 1 aromatic rings. The van der Waals surface area contributed by atoms with Gasteiger partial charge in [0, 0.05) is 18.7 Å². The van der Waals surface area contributed by atoms with Crippen molar-refractivity contribution in [1.29, 1.82) is 0 Å². The second-order valence-electron chi connectivity index (χ2n) is 4.57. The Labute approximate surface area is 117 Å². The van der Waals surface area contributed by atoms with Crippen molar-refractivity contribution in [3.63, 3.8) is 0 Å². The number of non-ortho nitro benzene ring substituents is 1. The van der Waals surface area contributed by atoms with Gasteiger partial charge in [-0.1, -0.05) is 12.1 Å². The van der Waals surface area contributed by atoms with Crippen LogP contribution in [-0.4, -0.2) is 31.1 Å². The molecule has 0 fully saturated rings. The highest BCUT2D eigenvalue weighted by Crippen LogP contribution is 2.13. The molecule has 0 heterocycles. The zero-order chi connectivity index (χ0) is 15.2. The summed E-state index contributed by atoms with van der Waals surface area (Å²) in [6.45, 7) is 1.91. The third-order valence-electron chi connectivity index (χ3n) is 2.62. The molecule has 0 radical (unpaired) electrons. The highest BCUT2D eigenvalue weighted by Gasteiger charge is 2.12. The van der Waals surface area contributed by atoms with Gasteiger partial charge in [0.25, 0.3) is 5.69 Å². The molecule has 7 nitrogen and oxygen atoms in total. The molecular formula is C12H18N2O5S. The lowest BCUT2D eigenvalue weighted by molar-refractivity contribution is -0.384. The number of nitro benzene ring substituents is 1. The number of aliphatic hydroxyl groups excluding tert-OH is 1. The van der Waals surface area contributed by atoms with Gasteiger partial charge in [-0.3, -0.25) is 10.1 Å². The Balaban J connectivity index is 2.51. The molecule has 0 bridgehead atoms. The molecule has 0 saturated heterocycles. The summed E-state index contributed by atoms with van der Waals surface area (Å²) in [5.74, 6) is -0.223. The standard InChI is InChI=1S/C12H18N2O5S/c1-10(15)3-2-8-13-20(18,19)9-11-4-6-12(7-5-11)14(16)17/h4-7,10,13,15H,2-3,8-9H2,1H3. The minimum atomic E-state index is -3.47. The second kappa shape index (κ2) is 7.32. The number of rotatable bonds is 8. The highest BCUT2D eigenvalue weighted by molar-refractivity contribution is 7.88. The van der Waals surface area contributed by atoms with E-state index in [-0.39, 0.29) is 18.0 Å². The summed E-state index contributed by atoms with van der Waals surface area (Å²) >= 11 is 0. The lowest BCUT2D eigenvalue weighted by Gasteiger charge is -2.07. The summed E-state index contributed by atoms with van der Waals surface area (Å²) in [5.41, 5.74) is 0.412. The number of nitrogens with zero attached hydrogens (tertiary/aromatic N) is 1. The lowest BCUT2D eigenvalue weighted by Crippen LogP contribution is -2.26. The first kappa shape index (κ1) is 16.5. The quantitative estimate of drug-likeness (QED) is 0.425. The fourth-order valence-corrected chi connectivity index (χ4v) is 2.80. The van der Waals surface area contributed by atoms with Crippen LogP contribution in [0, 0.1) is 10.1 Å². The smallest absolute Gasteiger partial charge is 0.269 e. The van der Waals surface area contributed by atoms with E-state index < -0.39 is 21.1 Å². The van der Waals surface area contributed by atoms with E-state index in [1.165, 1.54) is 24.3 Å². The van der Waals surface area contributed by atoms with Crippen LogP contribution in [0.15, 0.2) is 24.3 Å². The van der Waals surface area contributed by atoms with E-state index in [4.69, 9.17) is 5.11 Å². The molecule has 0 aliphatic rings. The van der Waals surface area contributed by atoms with Gasteiger partial charge in [0.15, 0.2) is 0 Å². The van der Waals surface area contributed by atoms with Crippen molar-refractivity contribution >= 4 is 15.7 Å². The number of nitro groups is 1. The van der Waals surface area contributed by atoms with Gasteiger partial charge in [0.05, 0.1) is 16.8 Å². The largest absolute Gasteiger partial charge is 0.393 e. The molecule has 0 amide bonds. The average Bonchev–Trinajstić information content (AvgIpc) is 2.34. The van der Waals surface area contributed by atoms with Gasteiger partial charge < -0.3 is 5.11 Å². The number of sulfonamides is 1. The molecule has 1 aromatic carbocycles. The van der Waals surface area contributed by atoms with Crippen LogP contribution in [0.25, 0.3) is 0 Å². The van der Waals surface area contributed by atoms with E-state index in [1.807, 2.05) is 0 Å². The van der Waals surface area contributed by atoms with Gasteiger partial charge in [-0.15, -0.1) is 0 Å². The number of hydrogen-bond acceptors (Lipinski definition) is 5. The van der Waals surface area contributed by atoms with E-state index in [1.54, 1.807) is 6.92 Å². The molecule has 1 atom stereocenters. The van der Waals surface area contributed by atoms with Gasteiger partial charge in [0.2, 0.25) is 10.0 Å². The predicted octanol–water partition coefficient (Wildman–Crippen LogP) is 1.18. The Hall–Kier alpha value is -1.51. The molecule has 1 unspecified atom stereocenters. The Bertz CT molecular complexity index is 539. The number of aliphatic hydroxyl groups is 1. The van der Waals surface area contributed by atoms with E-state index >= 15 is 0 Å². The summed E-state index contributed by atoms with van der Waals surface area (Å²) in [5, 5.41) is 19.5. The van der Waals surface area contributed by atoms with E-state index in [0.29, 0.717) is 18.4 Å². The predicted molar refractivity (Wildman–Crippen MR) is 74.6 cm³/mol. The first-order valence-electron chi connectivity index (χ1n) is 6.19. The molecule has 112 valence electrons. The van der Waals surface area contributed by atoms with Crippen molar-refractivity contribution in [1.82, 2.24) is 4.72 Å². The second-order valence-corrected chi connectivity index (χ2v) is 6.38. The van der Waals surface area contributed by atoms with Gasteiger partial charge in [-0.2, -0.15) is 0 Å². The molecule has 1 rings (SSSR count). The first-order chi connectivity index (χ1) is 9.30. The highest BCUT2D eigenvalue weighted by atomic mass is 32.2. The minimum absolute atomic E-state index is 0.0731. The van der Waals surface area contributed by atoms with E-state index in [0.717, 1.165) is 0 Å². The van der Waals surface area contributed by atoms with Crippen LogP contribution in [0.5, 0.6) is 0 Å². The fraction of sp³-hybridized carbons (Fsp3) is 0.500. The summed E-state index contributed by atoms with van der Waals surface area (Å²) in [6, 6.07) is 5.40. The maximum atomic E-state index is 11.8. The van der Waals surface area contributed by atoms with Gasteiger partial charge in [-0.05, 0) is 25.3 Å². The number of hydrogen-bond donors (Lipinski definition) is 2. The molecule has 0 aliphatic heterocycles. The normalized spacial score (nSPS) is 13.1. The molecule has 20 heavy (non-hydrogen) atoms. The zero-order valence-electron chi connectivity index (χ0n) is 11.2. The third kappa shape index (κ3) is 6.09. The van der Waals surface area contributed by atoms with Crippen LogP contribution >= 0.6 is 0 Å². The van der Waals surface area contributed by atoms with Crippen LogP contribution in [0.2, 0.25) is 0 Å². The molecule has 0 aromatic heterocycles. The minimum Gasteiger partial charge on any atom is -0.393 e. The van der Waals surface area contributed by atoms with E-state index in [2.05, 4.69) is 4.72 Å². The lowest BCUT2D eigenvalue weighted by atomic mass is 10.2. The van der Waals surface area contributed by atoms with Gasteiger partial charge >= 0.3 is 0 Å². The van der Waals surface area contributed by atoms with Gasteiger partial charge in [0.1, 0.15) is 0 Å². The maximum Gasteiger partial charge on any atom is 0.269 e. The summed E-state index contributed by atoms with van der Waals surface area (Å²) in [4.78, 5) is 9.95. The van der Waals surface area contributed by atoms with Gasteiger partial charge in [-0.25, -0.2) is 13.1 Å². The molecule has 0 saturated carbocycles. The van der Waals surface area contributed by atoms with Crippen LogP contribution in [-0.2, 0) is 15.8 Å².